The van der Waals surface area contributed by atoms with Gasteiger partial charge < -0.3 is 0 Å². The lowest BCUT2D eigenvalue weighted by Gasteiger charge is -2.18. The van der Waals surface area contributed by atoms with E-state index in [0.717, 1.165) is 12.5 Å². The molecule has 0 aliphatic heterocycles. The molecular formula is C10H14F2N2. The predicted molar refractivity (Wildman–Crippen MR) is 50.3 cm³/mol. The van der Waals surface area contributed by atoms with Crippen LogP contribution in [0.2, 0.25) is 0 Å². The Kier molecular flexibility index (Phi) is 2.56. The van der Waals surface area contributed by atoms with Gasteiger partial charge in [-0.25, -0.2) is 9.97 Å². The van der Waals surface area contributed by atoms with Crippen molar-refractivity contribution in [2.24, 2.45) is 0 Å². The average Bonchev–Trinajstić information content (AvgIpc) is 2.01. The van der Waals surface area contributed by atoms with Gasteiger partial charge in [-0.3, -0.25) is 0 Å². The molecule has 0 saturated carbocycles. The fraction of sp³-hybridized carbons (Fsp3) is 0.600. The van der Waals surface area contributed by atoms with Gasteiger partial charge in [0.2, 0.25) is 0 Å². The maximum atomic E-state index is 12.8. The van der Waals surface area contributed by atoms with Crippen molar-refractivity contribution < 1.29 is 8.78 Å². The number of hydrogen-bond acceptors (Lipinski definition) is 2. The summed E-state index contributed by atoms with van der Waals surface area (Å²) in [6.45, 7) is 6.74. The van der Waals surface area contributed by atoms with Gasteiger partial charge in [0.1, 0.15) is 0 Å². The fourth-order valence-corrected chi connectivity index (χ4v) is 0.942. The SMILES string of the molecule is CC(C)(C)c1cnc(C(C)(F)F)nc1. The Morgan fingerprint density at radius 2 is 1.43 bits per heavy atom. The third-order valence-electron chi connectivity index (χ3n) is 1.91. The Labute approximate surface area is 82.4 Å². The molecule has 0 aliphatic rings. The number of aromatic nitrogens is 2. The van der Waals surface area contributed by atoms with E-state index in [1.165, 1.54) is 12.4 Å². The second-order valence-corrected chi connectivity index (χ2v) is 4.43. The lowest BCUT2D eigenvalue weighted by atomic mass is 9.89. The molecule has 0 bridgehead atoms. The highest BCUT2D eigenvalue weighted by Crippen LogP contribution is 2.25. The van der Waals surface area contributed by atoms with E-state index in [0.29, 0.717) is 0 Å². The molecule has 1 rings (SSSR count). The van der Waals surface area contributed by atoms with E-state index < -0.39 is 11.7 Å². The summed E-state index contributed by atoms with van der Waals surface area (Å²) in [6, 6.07) is 0. The smallest absolute Gasteiger partial charge is 0.235 e. The molecule has 0 amide bonds. The van der Waals surface area contributed by atoms with Crippen molar-refractivity contribution >= 4 is 0 Å². The Balaban J connectivity index is 3.02. The molecule has 4 heteroatoms. The van der Waals surface area contributed by atoms with Gasteiger partial charge in [0, 0.05) is 19.3 Å². The van der Waals surface area contributed by atoms with Gasteiger partial charge in [-0.1, -0.05) is 20.8 Å². The number of rotatable bonds is 1. The summed E-state index contributed by atoms with van der Waals surface area (Å²) in [6.07, 6.45) is 2.92. The van der Waals surface area contributed by atoms with Crippen LogP contribution in [0.25, 0.3) is 0 Å². The zero-order valence-corrected chi connectivity index (χ0v) is 8.81. The van der Waals surface area contributed by atoms with Gasteiger partial charge in [0.05, 0.1) is 0 Å². The lowest BCUT2D eigenvalue weighted by Crippen LogP contribution is -2.16. The minimum absolute atomic E-state index is 0.110. The van der Waals surface area contributed by atoms with Crippen molar-refractivity contribution in [2.45, 2.75) is 39.0 Å². The second kappa shape index (κ2) is 3.26. The van der Waals surface area contributed by atoms with Crippen LogP contribution in [0.1, 0.15) is 39.1 Å². The minimum atomic E-state index is -2.96. The number of halogens is 2. The van der Waals surface area contributed by atoms with E-state index in [1.807, 2.05) is 20.8 Å². The minimum Gasteiger partial charge on any atom is -0.235 e. The Morgan fingerprint density at radius 1 is 1.00 bits per heavy atom. The van der Waals surface area contributed by atoms with Gasteiger partial charge in [0.15, 0.2) is 5.82 Å². The summed E-state index contributed by atoms with van der Waals surface area (Å²) in [5.74, 6) is -3.39. The Morgan fingerprint density at radius 3 is 1.71 bits per heavy atom. The summed E-state index contributed by atoms with van der Waals surface area (Å²) >= 11 is 0. The molecular weight excluding hydrogens is 186 g/mol. The molecule has 0 spiro atoms. The maximum absolute atomic E-state index is 12.8. The molecule has 0 aromatic carbocycles. The van der Waals surface area contributed by atoms with E-state index in [-0.39, 0.29) is 5.41 Å². The van der Waals surface area contributed by atoms with E-state index in [1.54, 1.807) is 0 Å². The molecule has 0 aliphatic carbocycles. The van der Waals surface area contributed by atoms with Crippen molar-refractivity contribution in [3.63, 3.8) is 0 Å². The van der Waals surface area contributed by atoms with Crippen LogP contribution in [0.4, 0.5) is 8.78 Å². The van der Waals surface area contributed by atoms with Crippen LogP contribution in [0.3, 0.4) is 0 Å². The highest BCUT2D eigenvalue weighted by molar-refractivity contribution is 5.16. The van der Waals surface area contributed by atoms with E-state index in [4.69, 9.17) is 0 Å². The van der Waals surface area contributed by atoms with Gasteiger partial charge in [-0.05, 0) is 11.0 Å². The first-order valence-corrected chi connectivity index (χ1v) is 4.42. The third-order valence-corrected chi connectivity index (χ3v) is 1.91. The highest BCUT2D eigenvalue weighted by atomic mass is 19.3. The fourth-order valence-electron chi connectivity index (χ4n) is 0.942. The summed E-state index contributed by atoms with van der Waals surface area (Å²) in [5, 5.41) is 0. The molecule has 0 N–H and O–H groups in total. The van der Waals surface area contributed by atoms with Crippen LogP contribution >= 0.6 is 0 Å². The first-order valence-electron chi connectivity index (χ1n) is 4.42. The van der Waals surface area contributed by atoms with Crippen LogP contribution in [0.15, 0.2) is 12.4 Å². The first-order chi connectivity index (χ1) is 6.21. The van der Waals surface area contributed by atoms with Crippen molar-refractivity contribution in [1.82, 2.24) is 9.97 Å². The molecule has 1 aromatic rings. The third kappa shape index (κ3) is 2.47. The summed E-state index contributed by atoms with van der Waals surface area (Å²) in [4.78, 5) is 7.31. The average molecular weight is 200 g/mol. The standard InChI is InChI=1S/C10H14F2N2/c1-9(2,3)7-5-13-8(14-6-7)10(4,11)12/h5-6H,1-4H3. The van der Waals surface area contributed by atoms with Gasteiger partial charge in [-0.15, -0.1) is 0 Å². The molecule has 0 saturated heterocycles. The number of alkyl halides is 2. The molecule has 14 heavy (non-hydrogen) atoms. The zero-order chi connectivity index (χ0) is 11.0. The highest BCUT2D eigenvalue weighted by Gasteiger charge is 2.28. The predicted octanol–water partition coefficient (Wildman–Crippen LogP) is 2.89. The van der Waals surface area contributed by atoms with E-state index in [2.05, 4.69) is 9.97 Å². The first kappa shape index (κ1) is 11.0. The van der Waals surface area contributed by atoms with Gasteiger partial charge >= 0.3 is 5.92 Å². The molecule has 0 fully saturated rings. The Bertz CT molecular complexity index is 273. The molecule has 0 unspecified atom stereocenters. The van der Waals surface area contributed by atoms with Crippen LogP contribution in [-0.4, -0.2) is 9.97 Å². The summed E-state index contributed by atoms with van der Waals surface area (Å²) in [5.41, 5.74) is 0.743. The molecule has 0 atom stereocenters. The van der Waals surface area contributed by atoms with Crippen molar-refractivity contribution in [2.75, 3.05) is 0 Å². The second-order valence-electron chi connectivity index (χ2n) is 4.43. The lowest BCUT2D eigenvalue weighted by molar-refractivity contribution is 0.00757. The van der Waals surface area contributed by atoms with Crippen LogP contribution in [-0.2, 0) is 11.3 Å². The van der Waals surface area contributed by atoms with Crippen LogP contribution < -0.4 is 0 Å². The summed E-state index contributed by atoms with van der Waals surface area (Å²) in [7, 11) is 0. The van der Waals surface area contributed by atoms with E-state index in [9.17, 15) is 8.78 Å². The molecule has 0 radical (unpaired) electrons. The largest absolute Gasteiger partial charge is 0.303 e. The molecule has 1 aromatic heterocycles. The van der Waals surface area contributed by atoms with Crippen molar-refractivity contribution in [3.05, 3.63) is 23.8 Å². The normalized spacial score (nSPS) is 13.0. The monoisotopic (exact) mass is 200 g/mol. The van der Waals surface area contributed by atoms with Gasteiger partial charge in [0.25, 0.3) is 0 Å². The van der Waals surface area contributed by atoms with Gasteiger partial charge in [-0.2, -0.15) is 8.78 Å². The maximum Gasteiger partial charge on any atom is 0.303 e. The topological polar surface area (TPSA) is 25.8 Å². The molecule has 1 heterocycles. The molecule has 2 nitrogen and oxygen atoms in total. The Hall–Kier alpha value is -1.06. The molecule has 78 valence electrons. The van der Waals surface area contributed by atoms with Crippen molar-refractivity contribution in [3.8, 4) is 0 Å². The zero-order valence-electron chi connectivity index (χ0n) is 8.81. The van der Waals surface area contributed by atoms with Crippen LogP contribution in [0, 0.1) is 0 Å². The number of hydrogen-bond donors (Lipinski definition) is 0. The summed E-state index contributed by atoms with van der Waals surface area (Å²) < 4.78 is 25.5. The number of nitrogens with zero attached hydrogens (tertiary/aromatic N) is 2. The van der Waals surface area contributed by atoms with Crippen LogP contribution in [0.5, 0.6) is 0 Å². The van der Waals surface area contributed by atoms with Crippen molar-refractivity contribution in [1.29, 1.82) is 0 Å². The quantitative estimate of drug-likeness (QED) is 0.696. The van der Waals surface area contributed by atoms with E-state index >= 15 is 0 Å².